The Morgan fingerprint density at radius 3 is 2.62 bits per heavy atom. The number of hydrogen-bond acceptors (Lipinski definition) is 5. The highest BCUT2D eigenvalue weighted by Gasteiger charge is 2.13. The van der Waals surface area contributed by atoms with Gasteiger partial charge in [-0.3, -0.25) is 4.79 Å². The van der Waals surface area contributed by atoms with E-state index in [0.29, 0.717) is 23.1 Å². The van der Waals surface area contributed by atoms with Gasteiger partial charge in [0, 0.05) is 23.1 Å². The van der Waals surface area contributed by atoms with Gasteiger partial charge in [-0.05, 0) is 55.8 Å². The molecule has 0 saturated heterocycles. The Balaban J connectivity index is 1.62. The van der Waals surface area contributed by atoms with E-state index in [1.165, 1.54) is 6.08 Å². The molecule has 0 aliphatic heterocycles. The second-order valence-electron chi connectivity index (χ2n) is 7.33. The van der Waals surface area contributed by atoms with Crippen LogP contribution in [0.1, 0.15) is 16.8 Å². The zero-order chi connectivity index (χ0) is 22.7. The van der Waals surface area contributed by atoms with Gasteiger partial charge < -0.3 is 14.8 Å². The molecule has 7 heteroatoms. The summed E-state index contributed by atoms with van der Waals surface area (Å²) in [6.45, 7) is 3.91. The third kappa shape index (κ3) is 4.32. The van der Waals surface area contributed by atoms with Crippen molar-refractivity contribution in [2.45, 2.75) is 13.8 Å². The van der Waals surface area contributed by atoms with Crippen molar-refractivity contribution in [3.8, 4) is 17.3 Å². The first-order valence-electron chi connectivity index (χ1n) is 10.1. The zero-order valence-corrected chi connectivity index (χ0v) is 18.4. The average Bonchev–Trinajstić information content (AvgIpc) is 3.17. The van der Waals surface area contributed by atoms with Crippen molar-refractivity contribution in [1.82, 2.24) is 14.8 Å². The number of benzene rings is 2. The topological polar surface area (TPSA) is 78.3 Å². The number of fused-ring (bicyclic) bond motifs is 1. The van der Waals surface area contributed by atoms with Gasteiger partial charge in [0.05, 0.1) is 25.4 Å². The van der Waals surface area contributed by atoms with Crippen molar-refractivity contribution in [2.24, 2.45) is 0 Å². The summed E-state index contributed by atoms with van der Waals surface area (Å²) in [4.78, 5) is 17.4. The summed E-state index contributed by atoms with van der Waals surface area (Å²) in [5, 5.41) is 8.51. The Morgan fingerprint density at radius 1 is 1.03 bits per heavy atom. The lowest BCUT2D eigenvalue weighted by atomic mass is 10.1. The number of aryl methyl sites for hydroxylation is 2. The smallest absolute Gasteiger partial charge is 0.249 e. The molecule has 2 aromatic heterocycles. The van der Waals surface area contributed by atoms with E-state index in [0.717, 1.165) is 27.7 Å². The molecule has 0 bridgehead atoms. The number of nitrogens with zero attached hydrogens (tertiary/aromatic N) is 3. The van der Waals surface area contributed by atoms with Crippen LogP contribution in [0, 0.1) is 13.8 Å². The highest BCUT2D eigenvalue weighted by molar-refractivity contribution is 6.01. The van der Waals surface area contributed by atoms with E-state index in [1.807, 2.05) is 50.2 Å². The first-order chi connectivity index (χ1) is 15.5. The Hall–Kier alpha value is -4.13. The molecule has 162 valence electrons. The van der Waals surface area contributed by atoms with Crippen molar-refractivity contribution < 1.29 is 14.3 Å². The maximum absolute atomic E-state index is 12.7. The average molecular weight is 428 g/mol. The normalized spacial score (nSPS) is 11.1. The van der Waals surface area contributed by atoms with Crippen molar-refractivity contribution in [3.63, 3.8) is 0 Å². The monoisotopic (exact) mass is 428 g/mol. The molecule has 0 fully saturated rings. The van der Waals surface area contributed by atoms with E-state index >= 15 is 0 Å². The lowest BCUT2D eigenvalue weighted by Crippen LogP contribution is -2.13. The van der Waals surface area contributed by atoms with Crippen LogP contribution in [0.4, 0.5) is 5.82 Å². The molecule has 2 heterocycles. The van der Waals surface area contributed by atoms with Gasteiger partial charge in [0.2, 0.25) is 5.91 Å². The number of carbonyl (C=O) groups excluding carboxylic acids is 1. The highest BCUT2D eigenvalue weighted by Crippen LogP contribution is 2.25. The van der Waals surface area contributed by atoms with E-state index in [2.05, 4.69) is 10.4 Å². The van der Waals surface area contributed by atoms with Gasteiger partial charge in [-0.25, -0.2) is 4.98 Å². The number of ether oxygens (including phenoxy) is 2. The molecular weight excluding hydrogens is 404 g/mol. The van der Waals surface area contributed by atoms with E-state index < -0.39 is 0 Å². The fraction of sp³-hybridized carbons (Fsp3) is 0.160. The van der Waals surface area contributed by atoms with Crippen LogP contribution >= 0.6 is 0 Å². The number of para-hydroxylation sites is 1. The van der Waals surface area contributed by atoms with Crippen LogP contribution in [0.15, 0.2) is 60.7 Å². The lowest BCUT2D eigenvalue weighted by Gasteiger charge is -2.10. The van der Waals surface area contributed by atoms with Gasteiger partial charge in [0.25, 0.3) is 0 Å². The second kappa shape index (κ2) is 8.93. The predicted octanol–water partition coefficient (Wildman–Crippen LogP) is 4.71. The minimum absolute atomic E-state index is 0.298. The standard InChI is InChI=1S/C25H24N4O3/c1-16-13-23(26-21-8-6-5-7-20(16)21)29-24(14-17(2)28-29)27-25(30)12-9-18-15-19(31-3)10-11-22(18)32-4/h5-15H,1-4H3,(H,27,30)/b12-9+. The minimum Gasteiger partial charge on any atom is -0.497 e. The first kappa shape index (κ1) is 21.1. The summed E-state index contributed by atoms with van der Waals surface area (Å²) in [6, 6.07) is 17.1. The Bertz CT molecular complexity index is 1320. The molecule has 0 saturated carbocycles. The number of pyridine rings is 1. The summed E-state index contributed by atoms with van der Waals surface area (Å²) in [5.74, 6) is 2.21. The second-order valence-corrected chi connectivity index (χ2v) is 7.33. The Labute approximate surface area is 186 Å². The van der Waals surface area contributed by atoms with Crippen molar-refractivity contribution in [1.29, 1.82) is 0 Å². The van der Waals surface area contributed by atoms with Crippen molar-refractivity contribution in [2.75, 3.05) is 19.5 Å². The molecule has 0 aliphatic rings. The fourth-order valence-corrected chi connectivity index (χ4v) is 3.51. The number of amides is 1. The van der Waals surface area contributed by atoms with Crippen LogP contribution in [0.5, 0.6) is 11.5 Å². The number of nitrogens with one attached hydrogen (secondary N) is 1. The van der Waals surface area contributed by atoms with Crippen LogP contribution in [-0.4, -0.2) is 34.9 Å². The predicted molar refractivity (Wildman–Crippen MR) is 126 cm³/mol. The number of methoxy groups -OCH3 is 2. The quantitative estimate of drug-likeness (QED) is 0.450. The van der Waals surface area contributed by atoms with E-state index in [4.69, 9.17) is 14.5 Å². The number of aromatic nitrogens is 3. The van der Waals surface area contributed by atoms with E-state index in [-0.39, 0.29) is 5.91 Å². The molecule has 0 atom stereocenters. The maximum Gasteiger partial charge on any atom is 0.249 e. The molecule has 7 nitrogen and oxygen atoms in total. The minimum atomic E-state index is -0.298. The summed E-state index contributed by atoms with van der Waals surface area (Å²) < 4.78 is 12.3. The van der Waals surface area contributed by atoms with E-state index in [1.54, 1.807) is 43.2 Å². The van der Waals surface area contributed by atoms with Gasteiger partial charge in [-0.2, -0.15) is 9.78 Å². The molecule has 2 aromatic carbocycles. The molecule has 0 radical (unpaired) electrons. The van der Waals surface area contributed by atoms with Gasteiger partial charge in [-0.15, -0.1) is 0 Å². The molecule has 0 unspecified atom stereocenters. The number of rotatable bonds is 6. The van der Waals surface area contributed by atoms with E-state index in [9.17, 15) is 4.79 Å². The number of hydrogen-bond donors (Lipinski definition) is 1. The summed E-state index contributed by atoms with van der Waals surface area (Å²) in [5.41, 5.74) is 3.46. The Kier molecular flexibility index (Phi) is 5.89. The zero-order valence-electron chi connectivity index (χ0n) is 18.4. The first-order valence-corrected chi connectivity index (χ1v) is 10.1. The SMILES string of the molecule is COc1ccc(OC)c(/C=C/C(=O)Nc2cc(C)nn2-c2cc(C)c3ccccc3n2)c1. The van der Waals surface area contributed by atoms with Gasteiger partial charge >= 0.3 is 0 Å². The number of carbonyl (C=O) groups is 1. The maximum atomic E-state index is 12.7. The van der Waals surface area contributed by atoms with Crippen molar-refractivity contribution in [3.05, 3.63) is 77.5 Å². The molecule has 4 rings (SSSR count). The van der Waals surface area contributed by atoms with Gasteiger partial charge in [0.1, 0.15) is 17.3 Å². The molecule has 0 spiro atoms. The summed E-state index contributed by atoms with van der Waals surface area (Å²) >= 11 is 0. The Morgan fingerprint density at radius 2 is 1.84 bits per heavy atom. The fourth-order valence-electron chi connectivity index (χ4n) is 3.51. The van der Waals surface area contributed by atoms with Gasteiger partial charge in [0.15, 0.2) is 5.82 Å². The summed E-state index contributed by atoms with van der Waals surface area (Å²) in [7, 11) is 3.17. The molecule has 1 amide bonds. The highest BCUT2D eigenvalue weighted by atomic mass is 16.5. The lowest BCUT2D eigenvalue weighted by molar-refractivity contribution is -0.111. The molecule has 1 N–H and O–H groups in total. The van der Waals surface area contributed by atoms with Crippen LogP contribution in [-0.2, 0) is 4.79 Å². The van der Waals surface area contributed by atoms with Gasteiger partial charge in [-0.1, -0.05) is 18.2 Å². The van der Waals surface area contributed by atoms with Crippen LogP contribution in [0.3, 0.4) is 0 Å². The van der Waals surface area contributed by atoms with Crippen molar-refractivity contribution >= 4 is 28.7 Å². The molecule has 0 aliphatic carbocycles. The molecule has 4 aromatic rings. The van der Waals surface area contributed by atoms with Crippen LogP contribution in [0.2, 0.25) is 0 Å². The largest absolute Gasteiger partial charge is 0.497 e. The molecule has 32 heavy (non-hydrogen) atoms. The number of anilines is 1. The molecular formula is C25H24N4O3. The third-order valence-corrected chi connectivity index (χ3v) is 5.06. The van der Waals surface area contributed by atoms with Crippen LogP contribution < -0.4 is 14.8 Å². The van der Waals surface area contributed by atoms with Crippen LogP contribution in [0.25, 0.3) is 22.8 Å². The summed E-state index contributed by atoms with van der Waals surface area (Å²) in [6.07, 6.45) is 3.13. The third-order valence-electron chi connectivity index (χ3n) is 5.06.